The topological polar surface area (TPSA) is 88.4 Å². The highest BCUT2D eigenvalue weighted by Crippen LogP contribution is 2.30. The van der Waals surface area contributed by atoms with Crippen LogP contribution in [0.15, 0.2) is 85.1 Å². The number of carbonyl (C=O) groups excluding carboxylic acids is 2. The Labute approximate surface area is 197 Å². The van der Waals surface area contributed by atoms with Crippen molar-refractivity contribution in [2.45, 2.75) is 18.8 Å². The van der Waals surface area contributed by atoms with E-state index in [2.05, 4.69) is 5.32 Å². The van der Waals surface area contributed by atoms with Gasteiger partial charge in [0.2, 0.25) is 0 Å². The van der Waals surface area contributed by atoms with Crippen LogP contribution in [0.4, 0.5) is 13.2 Å². The number of fused-ring (bicyclic) bond motifs is 1. The molecule has 6 nitrogen and oxygen atoms in total. The third-order valence-electron chi connectivity index (χ3n) is 5.50. The number of nitrogens with one attached hydrogen (secondary N) is 1. The molecule has 1 atom stereocenters. The Kier molecular flexibility index (Phi) is 6.42. The average molecular weight is 480 g/mol. The summed E-state index contributed by atoms with van der Waals surface area (Å²) in [5.41, 5.74) is 0.427. The molecule has 0 aliphatic rings. The number of rotatable bonds is 7. The number of carbonyl (C=O) groups is 3. The highest BCUT2D eigenvalue weighted by molar-refractivity contribution is 6.45. The molecule has 0 unspecified atom stereocenters. The van der Waals surface area contributed by atoms with E-state index in [1.54, 1.807) is 47.0 Å². The van der Waals surface area contributed by atoms with Crippen LogP contribution in [0.25, 0.3) is 10.9 Å². The molecule has 0 radical (unpaired) electrons. The molecule has 0 saturated heterocycles. The van der Waals surface area contributed by atoms with Crippen molar-refractivity contribution >= 4 is 28.6 Å². The number of hydrogen-bond acceptors (Lipinski definition) is 3. The fraction of sp³-hybridized carbons (Fsp3) is 0.115. The molecule has 3 aromatic carbocycles. The van der Waals surface area contributed by atoms with Gasteiger partial charge in [-0.1, -0.05) is 60.7 Å². The van der Waals surface area contributed by atoms with E-state index in [1.807, 2.05) is 0 Å². The van der Waals surface area contributed by atoms with Crippen LogP contribution < -0.4 is 5.32 Å². The minimum absolute atomic E-state index is 0.0160. The van der Waals surface area contributed by atoms with Crippen LogP contribution >= 0.6 is 0 Å². The van der Waals surface area contributed by atoms with Crippen molar-refractivity contribution < 1.29 is 32.7 Å². The van der Waals surface area contributed by atoms with E-state index in [-0.39, 0.29) is 12.1 Å². The molecule has 1 amide bonds. The number of halogens is 3. The van der Waals surface area contributed by atoms with Gasteiger partial charge in [-0.15, -0.1) is 0 Å². The molecule has 0 saturated carbocycles. The van der Waals surface area contributed by atoms with E-state index in [4.69, 9.17) is 0 Å². The van der Waals surface area contributed by atoms with Crippen LogP contribution in [0.3, 0.4) is 0 Å². The fourth-order valence-electron chi connectivity index (χ4n) is 3.85. The maximum Gasteiger partial charge on any atom is 0.416 e. The molecule has 0 bridgehead atoms. The van der Waals surface area contributed by atoms with Gasteiger partial charge in [0.05, 0.1) is 11.1 Å². The SMILES string of the molecule is O=C(N[C@H](C(=O)O)c1ccccc1)C(=O)c1cn(Cc2cccc(C(F)(F)F)c2)c2ccccc12. The minimum atomic E-state index is -4.49. The van der Waals surface area contributed by atoms with Crippen molar-refractivity contribution in [3.63, 3.8) is 0 Å². The molecule has 1 aromatic heterocycles. The maximum absolute atomic E-state index is 13.1. The van der Waals surface area contributed by atoms with Crippen molar-refractivity contribution in [2.75, 3.05) is 0 Å². The van der Waals surface area contributed by atoms with Gasteiger partial charge < -0.3 is 15.0 Å². The average Bonchev–Trinajstić information content (AvgIpc) is 3.20. The predicted octanol–water partition coefficient (Wildman–Crippen LogP) is 4.83. The summed E-state index contributed by atoms with van der Waals surface area (Å²) in [6, 6.07) is 18.0. The largest absolute Gasteiger partial charge is 0.479 e. The lowest BCUT2D eigenvalue weighted by Crippen LogP contribution is -2.38. The first kappa shape index (κ1) is 23.7. The van der Waals surface area contributed by atoms with Crippen molar-refractivity contribution in [3.8, 4) is 0 Å². The van der Waals surface area contributed by atoms with E-state index in [0.717, 1.165) is 12.1 Å². The van der Waals surface area contributed by atoms with Gasteiger partial charge in [-0.2, -0.15) is 13.2 Å². The molecule has 9 heteroatoms. The fourth-order valence-corrected chi connectivity index (χ4v) is 3.85. The van der Waals surface area contributed by atoms with Gasteiger partial charge in [0, 0.05) is 23.6 Å². The molecule has 2 N–H and O–H groups in total. The molecular weight excluding hydrogens is 461 g/mol. The summed E-state index contributed by atoms with van der Waals surface area (Å²) < 4.78 is 40.9. The van der Waals surface area contributed by atoms with Gasteiger partial charge in [0.15, 0.2) is 6.04 Å². The van der Waals surface area contributed by atoms with Gasteiger partial charge >= 0.3 is 12.1 Å². The zero-order valence-electron chi connectivity index (χ0n) is 18.1. The molecule has 0 fully saturated rings. The van der Waals surface area contributed by atoms with Crippen molar-refractivity contribution in [2.24, 2.45) is 0 Å². The first-order valence-corrected chi connectivity index (χ1v) is 10.5. The molecular formula is C26H19F3N2O4. The summed E-state index contributed by atoms with van der Waals surface area (Å²) in [6.07, 6.45) is -3.10. The lowest BCUT2D eigenvalue weighted by atomic mass is 10.1. The van der Waals surface area contributed by atoms with E-state index >= 15 is 0 Å². The molecule has 178 valence electrons. The van der Waals surface area contributed by atoms with Crippen LogP contribution in [-0.4, -0.2) is 27.3 Å². The highest BCUT2D eigenvalue weighted by atomic mass is 19.4. The number of benzene rings is 3. The monoisotopic (exact) mass is 480 g/mol. The second-order valence-electron chi connectivity index (χ2n) is 7.87. The van der Waals surface area contributed by atoms with Gasteiger partial charge in [-0.05, 0) is 29.3 Å². The molecule has 1 heterocycles. The first-order valence-electron chi connectivity index (χ1n) is 10.5. The smallest absolute Gasteiger partial charge is 0.416 e. The van der Waals surface area contributed by atoms with Crippen molar-refractivity contribution in [1.82, 2.24) is 9.88 Å². The van der Waals surface area contributed by atoms with E-state index in [9.17, 15) is 32.7 Å². The number of alkyl halides is 3. The lowest BCUT2D eigenvalue weighted by Gasteiger charge is -2.14. The van der Waals surface area contributed by atoms with Crippen LogP contribution in [0.2, 0.25) is 0 Å². The Bertz CT molecular complexity index is 1410. The number of ketones is 1. The van der Waals surface area contributed by atoms with Gasteiger partial charge in [-0.25, -0.2) is 4.79 Å². The predicted molar refractivity (Wildman–Crippen MR) is 122 cm³/mol. The molecule has 0 aliphatic heterocycles. The third-order valence-corrected chi connectivity index (χ3v) is 5.50. The summed E-state index contributed by atoms with van der Waals surface area (Å²) in [6.45, 7) is 0.0289. The number of carboxylic acids is 1. The second-order valence-corrected chi connectivity index (χ2v) is 7.87. The zero-order chi connectivity index (χ0) is 25.2. The number of aliphatic carboxylic acids is 1. The summed E-state index contributed by atoms with van der Waals surface area (Å²) in [5, 5.41) is 12.2. The number of nitrogens with zero attached hydrogens (tertiary/aromatic N) is 1. The van der Waals surface area contributed by atoms with Crippen molar-refractivity contribution in [1.29, 1.82) is 0 Å². The molecule has 0 spiro atoms. The first-order chi connectivity index (χ1) is 16.6. The van der Waals surface area contributed by atoms with E-state index in [0.29, 0.717) is 22.0 Å². The van der Waals surface area contributed by atoms with Crippen molar-refractivity contribution in [3.05, 3.63) is 107 Å². The number of carboxylic acid groups (broad SMARTS) is 1. The Morgan fingerprint density at radius 2 is 1.60 bits per heavy atom. The standard InChI is InChI=1S/C26H19F3N2O4/c27-26(28,29)18-10-6-7-16(13-18)14-31-15-20(19-11-4-5-12-21(19)31)23(32)24(33)30-22(25(34)35)17-8-2-1-3-9-17/h1-13,15,22H,14H2,(H,30,33)(H,34,35)/t22-/m0/s1. The molecule has 0 aliphatic carbocycles. The third kappa shape index (κ3) is 5.08. The number of aromatic nitrogens is 1. The van der Waals surface area contributed by atoms with Crippen LogP contribution in [0.5, 0.6) is 0 Å². The molecule has 4 rings (SSSR count). The summed E-state index contributed by atoms with van der Waals surface area (Å²) in [7, 11) is 0. The highest BCUT2D eigenvalue weighted by Gasteiger charge is 2.31. The summed E-state index contributed by atoms with van der Waals surface area (Å²) in [4.78, 5) is 37.5. The van der Waals surface area contributed by atoms with Crippen LogP contribution in [0, 0.1) is 0 Å². The lowest BCUT2D eigenvalue weighted by molar-refractivity contribution is -0.141. The van der Waals surface area contributed by atoms with Gasteiger partial charge in [0.25, 0.3) is 11.7 Å². The quantitative estimate of drug-likeness (QED) is 0.293. The Morgan fingerprint density at radius 3 is 2.29 bits per heavy atom. The summed E-state index contributed by atoms with van der Waals surface area (Å²) in [5.74, 6) is -3.39. The number of para-hydroxylation sites is 1. The number of Topliss-reactive ketones (excluding diaryl/α,β-unsaturated/α-hetero) is 1. The Morgan fingerprint density at radius 1 is 0.914 bits per heavy atom. The van der Waals surface area contributed by atoms with E-state index in [1.165, 1.54) is 30.5 Å². The maximum atomic E-state index is 13.1. The van der Waals surface area contributed by atoms with Gasteiger partial charge in [-0.3, -0.25) is 9.59 Å². The van der Waals surface area contributed by atoms with Gasteiger partial charge in [0.1, 0.15) is 0 Å². The molecule has 35 heavy (non-hydrogen) atoms. The Hall–Kier alpha value is -4.40. The van der Waals surface area contributed by atoms with Crippen LogP contribution in [0.1, 0.15) is 33.1 Å². The normalized spacial score (nSPS) is 12.3. The zero-order valence-corrected chi connectivity index (χ0v) is 18.1. The minimum Gasteiger partial charge on any atom is -0.479 e. The second kappa shape index (κ2) is 9.46. The Balaban J connectivity index is 1.65. The number of amides is 1. The number of hydrogen-bond donors (Lipinski definition) is 2. The summed E-state index contributed by atoms with van der Waals surface area (Å²) >= 11 is 0. The van der Waals surface area contributed by atoms with Crippen LogP contribution in [-0.2, 0) is 22.3 Å². The van der Waals surface area contributed by atoms with E-state index < -0.39 is 35.4 Å². The molecule has 4 aromatic rings.